The van der Waals surface area contributed by atoms with Gasteiger partial charge in [-0.3, -0.25) is 9.89 Å². The molecule has 1 saturated heterocycles. The summed E-state index contributed by atoms with van der Waals surface area (Å²) < 4.78 is 5.59. The summed E-state index contributed by atoms with van der Waals surface area (Å²) in [6.45, 7) is 10.7. The van der Waals surface area contributed by atoms with Crippen LogP contribution in [0.4, 0.5) is 0 Å². The number of aryl methyl sites for hydroxylation is 1. The summed E-state index contributed by atoms with van der Waals surface area (Å²) in [7, 11) is 0. The molecule has 1 aromatic rings. The Morgan fingerprint density at radius 2 is 2.04 bits per heavy atom. The number of morpholine rings is 1. The van der Waals surface area contributed by atoms with Gasteiger partial charge in [0.1, 0.15) is 0 Å². The first-order chi connectivity index (χ1) is 13.2. The normalized spacial score (nSPS) is 21.2. The van der Waals surface area contributed by atoms with Gasteiger partial charge in [-0.15, -0.1) is 11.3 Å². The number of guanidine groups is 1. The van der Waals surface area contributed by atoms with Gasteiger partial charge in [-0.25, -0.2) is 4.98 Å². The van der Waals surface area contributed by atoms with E-state index in [2.05, 4.69) is 34.4 Å². The highest BCUT2D eigenvalue weighted by Gasteiger charge is 2.38. The molecule has 0 radical (unpaired) electrons. The van der Waals surface area contributed by atoms with E-state index in [1.165, 1.54) is 42.0 Å². The third-order valence-electron chi connectivity index (χ3n) is 5.64. The smallest absolute Gasteiger partial charge is 0.191 e. The average Bonchev–Trinajstić information content (AvgIpc) is 3.12. The van der Waals surface area contributed by atoms with Gasteiger partial charge < -0.3 is 15.4 Å². The molecule has 1 aliphatic carbocycles. The van der Waals surface area contributed by atoms with Crippen LogP contribution in [0.2, 0.25) is 0 Å². The lowest BCUT2D eigenvalue weighted by molar-refractivity contribution is -0.0333. The van der Waals surface area contributed by atoms with Gasteiger partial charge in [-0.2, -0.15) is 0 Å². The summed E-state index contributed by atoms with van der Waals surface area (Å²) in [4.78, 5) is 13.4. The lowest BCUT2D eigenvalue weighted by Gasteiger charge is -2.47. The summed E-state index contributed by atoms with van der Waals surface area (Å²) >= 11 is 1.78. The molecule has 0 amide bonds. The Kier molecular flexibility index (Phi) is 7.91. The Balaban J connectivity index is 1.60. The first-order valence-corrected chi connectivity index (χ1v) is 11.3. The molecule has 1 aliphatic heterocycles. The fourth-order valence-corrected chi connectivity index (χ4v) is 4.98. The number of aromatic nitrogens is 1. The van der Waals surface area contributed by atoms with Crippen molar-refractivity contribution >= 4 is 17.3 Å². The highest BCUT2D eigenvalue weighted by atomic mass is 32.1. The molecule has 0 unspecified atom stereocenters. The van der Waals surface area contributed by atoms with E-state index in [0.29, 0.717) is 0 Å². The van der Waals surface area contributed by atoms with Gasteiger partial charge in [0.15, 0.2) is 5.96 Å². The van der Waals surface area contributed by atoms with Crippen molar-refractivity contribution in [1.29, 1.82) is 0 Å². The second-order valence-electron chi connectivity index (χ2n) is 7.62. The molecule has 0 aromatic carbocycles. The van der Waals surface area contributed by atoms with Crippen LogP contribution in [0.15, 0.2) is 11.2 Å². The zero-order chi connectivity index (χ0) is 19.0. The monoisotopic (exact) mass is 393 g/mol. The predicted octanol–water partition coefficient (Wildman–Crippen LogP) is 2.58. The van der Waals surface area contributed by atoms with E-state index in [9.17, 15) is 0 Å². The van der Waals surface area contributed by atoms with Crippen LogP contribution in [0.3, 0.4) is 0 Å². The number of nitrogens with one attached hydrogen (secondary N) is 2. The van der Waals surface area contributed by atoms with Gasteiger partial charge in [0.25, 0.3) is 0 Å². The molecule has 6 nitrogen and oxygen atoms in total. The average molecular weight is 394 g/mol. The van der Waals surface area contributed by atoms with Gasteiger partial charge in [0.05, 0.1) is 24.8 Å². The zero-order valence-electron chi connectivity index (χ0n) is 16.9. The minimum atomic E-state index is 0.219. The summed E-state index contributed by atoms with van der Waals surface area (Å²) in [5.74, 6) is 0.934. The zero-order valence-corrected chi connectivity index (χ0v) is 17.7. The highest BCUT2D eigenvalue weighted by molar-refractivity contribution is 7.11. The van der Waals surface area contributed by atoms with E-state index in [1.807, 2.05) is 6.20 Å². The van der Waals surface area contributed by atoms with Crippen molar-refractivity contribution in [3.8, 4) is 0 Å². The minimum Gasteiger partial charge on any atom is -0.379 e. The molecule has 152 valence electrons. The van der Waals surface area contributed by atoms with Gasteiger partial charge in [-0.05, 0) is 26.7 Å². The molecule has 0 atom stereocenters. The van der Waals surface area contributed by atoms with Crippen molar-refractivity contribution < 1.29 is 4.74 Å². The van der Waals surface area contributed by atoms with E-state index >= 15 is 0 Å². The van der Waals surface area contributed by atoms with Crippen molar-refractivity contribution in [2.75, 3.05) is 45.9 Å². The Hall–Kier alpha value is -1.18. The third kappa shape index (κ3) is 5.90. The van der Waals surface area contributed by atoms with Crippen LogP contribution in [0, 0.1) is 6.92 Å². The molecule has 2 aliphatic rings. The van der Waals surface area contributed by atoms with Crippen molar-refractivity contribution in [2.24, 2.45) is 4.99 Å². The maximum Gasteiger partial charge on any atom is 0.191 e. The van der Waals surface area contributed by atoms with Gasteiger partial charge >= 0.3 is 0 Å². The quantitative estimate of drug-likeness (QED) is 0.551. The maximum absolute atomic E-state index is 5.59. The summed E-state index contributed by atoms with van der Waals surface area (Å²) in [5, 5.41) is 8.10. The van der Waals surface area contributed by atoms with Gasteiger partial charge in [0.2, 0.25) is 0 Å². The Labute approximate surface area is 167 Å². The minimum absolute atomic E-state index is 0.219. The van der Waals surface area contributed by atoms with Gasteiger partial charge in [0, 0.05) is 49.2 Å². The van der Waals surface area contributed by atoms with E-state index < -0.39 is 0 Å². The Bertz CT molecular complexity index is 591. The van der Waals surface area contributed by atoms with Crippen LogP contribution in [0.5, 0.6) is 0 Å². The molecule has 2 heterocycles. The molecule has 0 spiro atoms. The molecular weight excluding hydrogens is 358 g/mol. The Morgan fingerprint density at radius 1 is 1.26 bits per heavy atom. The van der Waals surface area contributed by atoms with E-state index in [1.54, 1.807) is 11.3 Å². The maximum atomic E-state index is 5.59. The number of hydrogen-bond acceptors (Lipinski definition) is 5. The number of rotatable bonds is 7. The molecule has 2 N–H and O–H groups in total. The van der Waals surface area contributed by atoms with Crippen LogP contribution in [-0.4, -0.2) is 67.3 Å². The predicted molar refractivity (Wildman–Crippen MR) is 113 cm³/mol. The van der Waals surface area contributed by atoms with E-state index in [-0.39, 0.29) is 5.54 Å². The molecule has 3 rings (SSSR count). The molecule has 2 fully saturated rings. The highest BCUT2D eigenvalue weighted by Crippen LogP contribution is 2.34. The lowest BCUT2D eigenvalue weighted by Crippen LogP contribution is -2.56. The number of aliphatic imine (C=N–C) groups is 1. The van der Waals surface area contributed by atoms with Crippen molar-refractivity contribution in [3.05, 3.63) is 16.1 Å². The van der Waals surface area contributed by atoms with E-state index in [4.69, 9.17) is 9.73 Å². The molecule has 27 heavy (non-hydrogen) atoms. The first kappa shape index (κ1) is 20.6. The first-order valence-electron chi connectivity index (χ1n) is 10.5. The molecule has 7 heteroatoms. The molecule has 1 saturated carbocycles. The van der Waals surface area contributed by atoms with Crippen molar-refractivity contribution in [1.82, 2.24) is 20.5 Å². The lowest BCUT2D eigenvalue weighted by atomic mass is 9.80. The number of hydrogen-bond donors (Lipinski definition) is 2. The summed E-state index contributed by atoms with van der Waals surface area (Å²) in [6.07, 6.45) is 9.41. The molecule has 0 bridgehead atoms. The standard InChI is InChI=1S/C20H35N5OS/c1-3-21-19(22-10-7-18-23-15-17(2)27-18)24-16-20(8-5-4-6-9-20)25-11-13-26-14-12-25/h15H,3-14,16H2,1-2H3,(H2,21,22,24). The third-order valence-corrected chi connectivity index (χ3v) is 6.61. The molecular formula is C20H35N5OS. The van der Waals surface area contributed by atoms with Crippen molar-refractivity contribution in [2.45, 2.75) is 57.9 Å². The van der Waals surface area contributed by atoms with Crippen LogP contribution in [-0.2, 0) is 11.2 Å². The topological polar surface area (TPSA) is 61.8 Å². The number of thiazole rings is 1. The van der Waals surface area contributed by atoms with Crippen molar-refractivity contribution in [3.63, 3.8) is 0 Å². The van der Waals surface area contributed by atoms with Gasteiger partial charge in [-0.1, -0.05) is 19.3 Å². The van der Waals surface area contributed by atoms with Crippen LogP contribution in [0.25, 0.3) is 0 Å². The summed E-state index contributed by atoms with van der Waals surface area (Å²) in [6, 6.07) is 0. The van der Waals surface area contributed by atoms with E-state index in [0.717, 1.165) is 58.3 Å². The second kappa shape index (κ2) is 10.4. The second-order valence-corrected chi connectivity index (χ2v) is 8.94. The number of nitrogens with zero attached hydrogens (tertiary/aromatic N) is 3. The van der Waals surface area contributed by atoms with Crippen LogP contribution < -0.4 is 10.6 Å². The van der Waals surface area contributed by atoms with Crippen LogP contribution in [0.1, 0.15) is 48.9 Å². The molecule has 1 aromatic heterocycles. The fourth-order valence-electron chi connectivity index (χ4n) is 4.19. The SMILES string of the molecule is CCNC(=NCC1(N2CCOCC2)CCCCC1)NCCc1ncc(C)s1. The largest absolute Gasteiger partial charge is 0.379 e. The number of ether oxygens (including phenoxy) is 1. The van der Waals surface area contributed by atoms with Crippen LogP contribution >= 0.6 is 11.3 Å². The Morgan fingerprint density at radius 3 is 2.70 bits per heavy atom. The fraction of sp³-hybridized carbons (Fsp3) is 0.800. The summed E-state index contributed by atoms with van der Waals surface area (Å²) in [5.41, 5.74) is 0.219.